The number of hydrogen-bond donors (Lipinski definition) is 2. The largest absolute Gasteiger partial charge is 0.314 e. The summed E-state index contributed by atoms with van der Waals surface area (Å²) in [7, 11) is 0. The summed E-state index contributed by atoms with van der Waals surface area (Å²) < 4.78 is 0.949. The van der Waals surface area contributed by atoms with E-state index in [4.69, 9.17) is 5.73 Å². The number of carbonyl (C=O) groups excluding carboxylic acids is 1. The quantitative estimate of drug-likeness (QED) is 0.836. The molecule has 1 atom stereocenters. The number of nitrogens with zero attached hydrogens (tertiary/aromatic N) is 1. The maximum atomic E-state index is 12.3. The van der Waals surface area contributed by atoms with E-state index in [1.807, 2.05) is 31.2 Å². The Bertz CT molecular complexity index is 613. The molecule has 0 aliphatic carbocycles. The van der Waals surface area contributed by atoms with Gasteiger partial charge in [0.05, 0.1) is 0 Å². The molecule has 0 radical (unpaired) electrons. The van der Waals surface area contributed by atoms with E-state index in [1.54, 1.807) is 13.1 Å². The molecule has 1 unspecified atom stereocenters. The predicted octanol–water partition coefficient (Wildman–Crippen LogP) is 3.70. The summed E-state index contributed by atoms with van der Waals surface area (Å²) in [5.41, 5.74) is 5.82. The number of carbonyl (C=O) groups is 1. The Morgan fingerprint density at radius 3 is 2.57 bits per heavy atom. The molecule has 0 spiro atoms. The van der Waals surface area contributed by atoms with E-state index >= 15 is 0 Å². The van der Waals surface area contributed by atoms with E-state index in [0.29, 0.717) is 5.13 Å². The lowest BCUT2D eigenvalue weighted by molar-refractivity contribution is -0.120. The SMILES string of the molecule is CCc1cnc(NC(=O)C(C)(N)c2ccc(Br)cc2)s1.Cl. The molecular weight excluding hydrogens is 374 g/mol. The van der Waals surface area contributed by atoms with Crippen LogP contribution >= 0.6 is 39.7 Å². The molecule has 0 aliphatic rings. The molecule has 0 fully saturated rings. The van der Waals surface area contributed by atoms with Gasteiger partial charge in [0, 0.05) is 15.5 Å². The molecule has 2 aromatic rings. The Morgan fingerprint density at radius 2 is 2.05 bits per heavy atom. The molecule has 4 nitrogen and oxygen atoms in total. The highest BCUT2D eigenvalue weighted by atomic mass is 79.9. The van der Waals surface area contributed by atoms with Crippen LogP contribution in [0.15, 0.2) is 34.9 Å². The predicted molar refractivity (Wildman–Crippen MR) is 93.1 cm³/mol. The zero-order valence-corrected chi connectivity index (χ0v) is 14.9. The van der Waals surface area contributed by atoms with Crippen molar-refractivity contribution in [1.82, 2.24) is 4.98 Å². The summed E-state index contributed by atoms with van der Waals surface area (Å²) in [4.78, 5) is 17.6. The second kappa shape index (κ2) is 7.35. The third kappa shape index (κ3) is 4.26. The number of nitrogens with two attached hydrogens (primary N) is 1. The second-order valence-corrected chi connectivity index (χ2v) is 6.68. The van der Waals surface area contributed by atoms with Crippen molar-refractivity contribution >= 4 is 50.7 Å². The van der Waals surface area contributed by atoms with Crippen LogP contribution in [-0.4, -0.2) is 10.9 Å². The van der Waals surface area contributed by atoms with Crippen molar-refractivity contribution in [2.24, 2.45) is 5.73 Å². The van der Waals surface area contributed by atoms with Crippen molar-refractivity contribution in [3.63, 3.8) is 0 Å². The molecule has 3 N–H and O–H groups in total. The summed E-state index contributed by atoms with van der Waals surface area (Å²) in [6.45, 7) is 3.74. The fraction of sp³-hybridized carbons (Fsp3) is 0.286. The maximum Gasteiger partial charge on any atom is 0.250 e. The van der Waals surface area contributed by atoms with E-state index < -0.39 is 5.54 Å². The monoisotopic (exact) mass is 389 g/mol. The lowest BCUT2D eigenvalue weighted by Crippen LogP contribution is -2.45. The van der Waals surface area contributed by atoms with Crippen molar-refractivity contribution in [2.75, 3.05) is 5.32 Å². The van der Waals surface area contributed by atoms with Gasteiger partial charge in [-0.15, -0.1) is 23.7 Å². The summed E-state index contributed by atoms with van der Waals surface area (Å²) in [6.07, 6.45) is 2.67. The van der Waals surface area contributed by atoms with Crippen LogP contribution in [0, 0.1) is 0 Å². The number of aromatic nitrogens is 1. The van der Waals surface area contributed by atoms with E-state index in [1.165, 1.54) is 11.3 Å². The first-order chi connectivity index (χ1) is 9.43. The minimum atomic E-state index is -1.10. The van der Waals surface area contributed by atoms with Crippen LogP contribution in [0.3, 0.4) is 0 Å². The van der Waals surface area contributed by atoms with Gasteiger partial charge in [-0.3, -0.25) is 4.79 Å². The first-order valence-corrected chi connectivity index (χ1v) is 7.85. The van der Waals surface area contributed by atoms with Crippen molar-refractivity contribution in [2.45, 2.75) is 25.8 Å². The number of aryl methyl sites for hydroxylation is 1. The van der Waals surface area contributed by atoms with Gasteiger partial charge >= 0.3 is 0 Å². The number of hydrogen-bond acceptors (Lipinski definition) is 4. The van der Waals surface area contributed by atoms with Crippen LogP contribution in [0.5, 0.6) is 0 Å². The van der Waals surface area contributed by atoms with Crippen LogP contribution in [0.4, 0.5) is 5.13 Å². The highest BCUT2D eigenvalue weighted by Gasteiger charge is 2.31. The second-order valence-electron chi connectivity index (χ2n) is 4.65. The normalized spacial score (nSPS) is 13.1. The molecule has 2 rings (SSSR count). The Kier molecular flexibility index (Phi) is 6.34. The van der Waals surface area contributed by atoms with Gasteiger partial charge in [0.25, 0.3) is 5.91 Å². The van der Waals surface area contributed by atoms with Crippen molar-refractivity contribution < 1.29 is 4.79 Å². The number of benzene rings is 1. The lowest BCUT2D eigenvalue weighted by atomic mass is 9.92. The highest BCUT2D eigenvalue weighted by Crippen LogP contribution is 2.24. The summed E-state index contributed by atoms with van der Waals surface area (Å²) in [6, 6.07) is 7.41. The minimum absolute atomic E-state index is 0. The third-order valence-corrected chi connectivity index (χ3v) is 4.62. The van der Waals surface area contributed by atoms with Gasteiger partial charge in [0.1, 0.15) is 5.54 Å². The molecule has 7 heteroatoms. The van der Waals surface area contributed by atoms with Gasteiger partial charge in [-0.05, 0) is 31.0 Å². The molecule has 0 bridgehead atoms. The number of amides is 1. The summed E-state index contributed by atoms with van der Waals surface area (Å²) in [5.74, 6) is -0.267. The van der Waals surface area contributed by atoms with Gasteiger partial charge in [0.2, 0.25) is 0 Å². The van der Waals surface area contributed by atoms with Crippen LogP contribution in [0.1, 0.15) is 24.3 Å². The van der Waals surface area contributed by atoms with Crippen LogP contribution in [0.2, 0.25) is 0 Å². The molecule has 1 aromatic carbocycles. The molecule has 1 aromatic heterocycles. The first-order valence-electron chi connectivity index (χ1n) is 6.24. The number of halogens is 2. The molecule has 0 saturated heterocycles. The Morgan fingerprint density at radius 1 is 1.43 bits per heavy atom. The van der Waals surface area contributed by atoms with E-state index in [-0.39, 0.29) is 18.3 Å². The third-order valence-electron chi connectivity index (χ3n) is 3.04. The van der Waals surface area contributed by atoms with Crippen LogP contribution in [-0.2, 0) is 16.8 Å². The van der Waals surface area contributed by atoms with Crippen LogP contribution in [0.25, 0.3) is 0 Å². The molecule has 0 saturated carbocycles. The van der Waals surface area contributed by atoms with Gasteiger partial charge in [-0.1, -0.05) is 35.0 Å². The van der Waals surface area contributed by atoms with Gasteiger partial charge < -0.3 is 11.1 Å². The average Bonchev–Trinajstić information content (AvgIpc) is 2.87. The molecule has 0 aliphatic heterocycles. The molecule has 1 amide bonds. The smallest absolute Gasteiger partial charge is 0.250 e. The van der Waals surface area contributed by atoms with Crippen LogP contribution < -0.4 is 11.1 Å². The first kappa shape index (κ1) is 18.1. The molecule has 1 heterocycles. The fourth-order valence-corrected chi connectivity index (χ4v) is 2.69. The number of thiazole rings is 1. The number of anilines is 1. The molecule has 114 valence electrons. The number of nitrogens with one attached hydrogen (secondary N) is 1. The van der Waals surface area contributed by atoms with Crippen molar-refractivity contribution in [3.05, 3.63) is 45.4 Å². The lowest BCUT2D eigenvalue weighted by Gasteiger charge is -2.23. The van der Waals surface area contributed by atoms with Gasteiger partial charge in [-0.25, -0.2) is 4.98 Å². The topological polar surface area (TPSA) is 68.0 Å². The maximum absolute atomic E-state index is 12.3. The van der Waals surface area contributed by atoms with Crippen molar-refractivity contribution in [1.29, 1.82) is 0 Å². The zero-order valence-electron chi connectivity index (χ0n) is 11.7. The van der Waals surface area contributed by atoms with E-state index in [9.17, 15) is 4.79 Å². The fourth-order valence-electron chi connectivity index (χ4n) is 1.68. The van der Waals surface area contributed by atoms with E-state index in [2.05, 4.69) is 26.2 Å². The summed E-state index contributed by atoms with van der Waals surface area (Å²) >= 11 is 4.83. The Balaban J connectivity index is 0.00000220. The average molecular weight is 391 g/mol. The van der Waals surface area contributed by atoms with E-state index in [0.717, 1.165) is 21.3 Å². The molecular formula is C14H17BrClN3OS. The molecule has 21 heavy (non-hydrogen) atoms. The minimum Gasteiger partial charge on any atom is -0.314 e. The van der Waals surface area contributed by atoms with Crippen molar-refractivity contribution in [3.8, 4) is 0 Å². The Labute approximate surface area is 142 Å². The van der Waals surface area contributed by atoms with Gasteiger partial charge in [0.15, 0.2) is 5.13 Å². The standard InChI is InChI=1S/C14H16BrN3OS.ClH/c1-3-11-8-17-13(20-11)18-12(19)14(2,16)9-4-6-10(15)7-5-9;/h4-8H,3,16H2,1-2H3,(H,17,18,19);1H. The van der Waals surface area contributed by atoms with Gasteiger partial charge in [-0.2, -0.15) is 0 Å². The number of rotatable bonds is 4. The Hall–Kier alpha value is -0.950. The summed E-state index contributed by atoms with van der Waals surface area (Å²) in [5, 5.41) is 3.37. The zero-order chi connectivity index (χ0) is 14.8. The highest BCUT2D eigenvalue weighted by molar-refractivity contribution is 9.10.